The maximum absolute atomic E-state index is 13.2. The average Bonchev–Trinajstić information content (AvgIpc) is 3.75. The zero-order valence-corrected chi connectivity index (χ0v) is 24.5. The molecule has 0 aromatic carbocycles. The summed E-state index contributed by atoms with van der Waals surface area (Å²) in [5.41, 5.74) is 3.54. The summed E-state index contributed by atoms with van der Waals surface area (Å²) in [6.07, 6.45) is 12.4. The molecule has 3 aliphatic rings. The number of Topliss-reactive ketones (excluding diaryl/α,β-unsaturated/α-hetero) is 1. The third kappa shape index (κ3) is 3.88. The van der Waals surface area contributed by atoms with Crippen LogP contribution in [-0.2, 0) is 23.7 Å². The summed E-state index contributed by atoms with van der Waals surface area (Å²) in [6, 6.07) is 2.47. The first kappa shape index (κ1) is 25.9. The van der Waals surface area contributed by atoms with Gasteiger partial charge in [-0.25, -0.2) is 14.6 Å². The van der Waals surface area contributed by atoms with Crippen LogP contribution in [0.3, 0.4) is 0 Å². The van der Waals surface area contributed by atoms with Crippen LogP contribution in [0.4, 0.5) is 0 Å². The van der Waals surface area contributed by atoms with E-state index in [0.29, 0.717) is 29.8 Å². The number of nitrogens with zero attached hydrogens (tertiary/aromatic N) is 8. The van der Waals surface area contributed by atoms with E-state index in [1.54, 1.807) is 16.4 Å². The molecular formula is C29H36N8O2S. The molecule has 3 atom stereocenters. The molecule has 0 amide bonds. The van der Waals surface area contributed by atoms with Crippen LogP contribution in [0.2, 0.25) is 0 Å². The number of aromatic nitrogens is 7. The van der Waals surface area contributed by atoms with Crippen LogP contribution >= 0.6 is 11.8 Å². The molecule has 0 unspecified atom stereocenters. The van der Waals surface area contributed by atoms with Crippen molar-refractivity contribution in [1.29, 1.82) is 0 Å². The Hall–Kier alpha value is -3.05. The highest BCUT2D eigenvalue weighted by atomic mass is 32.2. The maximum Gasteiger partial charge on any atom is 0.185 e. The van der Waals surface area contributed by atoms with Gasteiger partial charge < -0.3 is 9.42 Å². The second-order valence-electron chi connectivity index (χ2n) is 11.8. The molecule has 0 radical (unpaired) electrons. The SMILES string of the molecule is CSc1nc(-c2noc3c2CCC[C@@]32CCCCC2=O)nc2c1c(-c1ccn(C)n1)nn2[C@@H](C)[C@@H]1CCCN1C. The molecule has 0 N–H and O–H groups in total. The highest BCUT2D eigenvalue weighted by Crippen LogP contribution is 2.48. The largest absolute Gasteiger partial charge is 0.359 e. The van der Waals surface area contributed by atoms with Gasteiger partial charge in [-0.15, -0.1) is 11.8 Å². The minimum Gasteiger partial charge on any atom is -0.359 e. The number of carbonyl (C=O) groups excluding carboxylic acids is 1. The fourth-order valence-electron chi connectivity index (χ4n) is 7.34. The van der Waals surface area contributed by atoms with Crippen LogP contribution in [0.5, 0.6) is 0 Å². The first-order valence-electron chi connectivity index (χ1n) is 14.5. The van der Waals surface area contributed by atoms with Crippen LogP contribution in [0.1, 0.15) is 75.7 Å². The molecule has 1 spiro atoms. The van der Waals surface area contributed by atoms with Crippen LogP contribution in [-0.4, -0.2) is 71.3 Å². The van der Waals surface area contributed by atoms with E-state index in [4.69, 9.17) is 19.6 Å². The Morgan fingerprint density at radius 1 is 1.07 bits per heavy atom. The highest BCUT2D eigenvalue weighted by Gasteiger charge is 2.48. The second kappa shape index (κ2) is 9.80. The lowest BCUT2D eigenvalue weighted by molar-refractivity contribution is -0.128. The van der Waals surface area contributed by atoms with Crippen molar-refractivity contribution >= 4 is 28.6 Å². The third-order valence-electron chi connectivity index (χ3n) is 9.44. The van der Waals surface area contributed by atoms with Crippen molar-refractivity contribution in [2.75, 3.05) is 19.8 Å². The molecule has 5 heterocycles. The Bertz CT molecular complexity index is 1600. The number of hydrogen-bond acceptors (Lipinski definition) is 9. The molecule has 1 saturated carbocycles. The van der Waals surface area contributed by atoms with E-state index in [9.17, 15) is 4.79 Å². The van der Waals surface area contributed by atoms with Gasteiger partial charge in [-0.05, 0) is 77.8 Å². The number of aryl methyl sites for hydroxylation is 1. The number of likely N-dealkylation sites (tertiary alicyclic amines) is 1. The Morgan fingerprint density at radius 2 is 1.93 bits per heavy atom. The number of thioether (sulfide) groups is 1. The zero-order chi connectivity index (χ0) is 27.6. The van der Waals surface area contributed by atoms with Gasteiger partial charge in [0.1, 0.15) is 22.2 Å². The normalized spacial score (nSPS) is 24.3. The summed E-state index contributed by atoms with van der Waals surface area (Å²) in [5, 5.41) is 16.2. The van der Waals surface area contributed by atoms with Gasteiger partial charge in [-0.2, -0.15) is 10.2 Å². The lowest BCUT2D eigenvalue weighted by Gasteiger charge is -2.36. The quantitative estimate of drug-likeness (QED) is 0.247. The minimum atomic E-state index is -0.529. The van der Waals surface area contributed by atoms with Crippen LogP contribution in [0.15, 0.2) is 21.8 Å². The third-order valence-corrected chi connectivity index (χ3v) is 10.1. The Balaban J connectivity index is 1.42. The summed E-state index contributed by atoms with van der Waals surface area (Å²) in [4.78, 5) is 25.9. The van der Waals surface area contributed by atoms with Gasteiger partial charge in [0, 0.05) is 31.3 Å². The number of ketones is 1. The predicted molar refractivity (Wildman–Crippen MR) is 153 cm³/mol. The molecule has 4 aromatic heterocycles. The van der Waals surface area contributed by atoms with Crippen LogP contribution < -0.4 is 0 Å². The maximum atomic E-state index is 13.2. The fourth-order valence-corrected chi connectivity index (χ4v) is 7.91. The average molecular weight is 561 g/mol. The van der Waals surface area contributed by atoms with Gasteiger partial charge in [0.25, 0.3) is 0 Å². The number of rotatable bonds is 5. The summed E-state index contributed by atoms with van der Waals surface area (Å²) >= 11 is 1.58. The molecular weight excluding hydrogens is 524 g/mol. The molecule has 7 rings (SSSR count). The van der Waals surface area contributed by atoms with E-state index in [1.807, 2.05) is 25.6 Å². The molecule has 0 bridgehead atoms. The molecule has 4 aromatic rings. The topological polar surface area (TPSA) is 108 Å². The smallest absolute Gasteiger partial charge is 0.185 e. The van der Waals surface area contributed by atoms with Crippen LogP contribution in [0.25, 0.3) is 33.9 Å². The minimum absolute atomic E-state index is 0.110. The molecule has 11 heteroatoms. The molecule has 1 aliphatic heterocycles. The van der Waals surface area contributed by atoms with Crippen molar-refractivity contribution in [2.45, 2.75) is 87.2 Å². The summed E-state index contributed by atoms with van der Waals surface area (Å²) < 4.78 is 9.92. The predicted octanol–water partition coefficient (Wildman–Crippen LogP) is 4.98. The van der Waals surface area contributed by atoms with Crippen molar-refractivity contribution in [3.05, 3.63) is 23.6 Å². The standard InChI is InChI=1S/C29H36N8O2S/c1-17(20-10-8-15-35(20)2)37-27-22(24(33-37)19-12-16-36(3)32-19)28(40-4)31-26(30-27)23-18-9-7-14-29(25(18)39-34-23)13-6-5-11-21(29)38/h12,16-17,20H,5-11,13-15H2,1-4H3/t17-,20-,29+/m0/s1. The molecule has 10 nitrogen and oxygen atoms in total. The van der Waals surface area contributed by atoms with Gasteiger partial charge in [-0.1, -0.05) is 11.6 Å². The molecule has 1 saturated heterocycles. The summed E-state index contributed by atoms with van der Waals surface area (Å²) in [5.74, 6) is 1.61. The first-order chi connectivity index (χ1) is 19.4. The number of carbonyl (C=O) groups is 1. The second-order valence-corrected chi connectivity index (χ2v) is 12.6. The van der Waals surface area contributed by atoms with Crippen molar-refractivity contribution in [1.82, 2.24) is 39.6 Å². The monoisotopic (exact) mass is 560 g/mol. The van der Waals surface area contributed by atoms with Gasteiger partial charge in [0.15, 0.2) is 22.9 Å². The van der Waals surface area contributed by atoms with E-state index in [0.717, 1.165) is 90.3 Å². The summed E-state index contributed by atoms with van der Waals surface area (Å²) in [7, 11) is 4.11. The van der Waals surface area contributed by atoms with Crippen molar-refractivity contribution in [3.63, 3.8) is 0 Å². The fraction of sp³-hybridized carbons (Fsp3) is 0.586. The lowest BCUT2D eigenvalue weighted by Crippen LogP contribution is -2.41. The highest BCUT2D eigenvalue weighted by molar-refractivity contribution is 7.98. The molecule has 40 heavy (non-hydrogen) atoms. The van der Waals surface area contributed by atoms with E-state index in [-0.39, 0.29) is 6.04 Å². The van der Waals surface area contributed by atoms with E-state index >= 15 is 0 Å². The van der Waals surface area contributed by atoms with Gasteiger partial charge in [-0.3, -0.25) is 9.48 Å². The van der Waals surface area contributed by atoms with Crippen molar-refractivity contribution in [3.8, 4) is 22.9 Å². The zero-order valence-electron chi connectivity index (χ0n) is 23.7. The van der Waals surface area contributed by atoms with E-state index in [2.05, 4.69) is 33.8 Å². The Kier molecular flexibility index (Phi) is 6.34. The number of fused-ring (bicyclic) bond motifs is 3. The molecule has 2 fully saturated rings. The number of hydrogen-bond donors (Lipinski definition) is 0. The molecule has 2 aliphatic carbocycles. The van der Waals surface area contributed by atoms with Crippen LogP contribution in [0, 0.1) is 0 Å². The van der Waals surface area contributed by atoms with Gasteiger partial charge in [0.2, 0.25) is 0 Å². The first-order valence-corrected chi connectivity index (χ1v) is 15.7. The lowest BCUT2D eigenvalue weighted by atomic mass is 9.64. The number of likely N-dealkylation sites (N-methyl/N-ethyl adjacent to an activating group) is 1. The Morgan fingerprint density at radius 3 is 2.65 bits per heavy atom. The summed E-state index contributed by atoms with van der Waals surface area (Å²) in [6.45, 7) is 3.32. The van der Waals surface area contributed by atoms with E-state index < -0.39 is 5.41 Å². The van der Waals surface area contributed by atoms with Crippen molar-refractivity contribution < 1.29 is 9.32 Å². The van der Waals surface area contributed by atoms with Gasteiger partial charge in [0.05, 0.1) is 16.8 Å². The van der Waals surface area contributed by atoms with Gasteiger partial charge >= 0.3 is 0 Å². The van der Waals surface area contributed by atoms with Crippen molar-refractivity contribution in [2.24, 2.45) is 7.05 Å². The Labute approximate surface area is 237 Å². The van der Waals surface area contributed by atoms with E-state index in [1.165, 1.54) is 6.42 Å². The molecule has 210 valence electrons.